The van der Waals surface area contributed by atoms with Crippen LogP contribution in [0.1, 0.15) is 24.3 Å². The summed E-state index contributed by atoms with van der Waals surface area (Å²) in [5.41, 5.74) is -1.34. The van der Waals surface area contributed by atoms with Crippen molar-refractivity contribution in [2.75, 3.05) is 6.54 Å². The second kappa shape index (κ2) is 4.99. The molecule has 0 spiro atoms. The lowest BCUT2D eigenvalue weighted by molar-refractivity contribution is -0.153. The van der Waals surface area contributed by atoms with Gasteiger partial charge in [-0.3, -0.25) is 19.1 Å². The summed E-state index contributed by atoms with van der Waals surface area (Å²) in [6, 6.07) is 1.52. The molecule has 7 nitrogen and oxygen atoms in total. The third kappa shape index (κ3) is 2.93. The number of carboxylic acid groups (broad SMARTS) is 1. The van der Waals surface area contributed by atoms with Gasteiger partial charge in [0.15, 0.2) is 0 Å². The van der Waals surface area contributed by atoms with Crippen LogP contribution in [0.15, 0.2) is 12.3 Å². The molecule has 0 aliphatic heterocycles. The van der Waals surface area contributed by atoms with Crippen LogP contribution in [0, 0.1) is 5.41 Å². The van der Waals surface area contributed by atoms with Crippen molar-refractivity contribution in [2.45, 2.75) is 13.8 Å². The van der Waals surface area contributed by atoms with Crippen LogP contribution in [0.4, 0.5) is 0 Å². The normalized spacial score (nSPS) is 11.1. The van der Waals surface area contributed by atoms with Crippen molar-refractivity contribution < 1.29 is 19.5 Å². The van der Waals surface area contributed by atoms with Crippen molar-refractivity contribution in [3.05, 3.63) is 18.0 Å². The van der Waals surface area contributed by atoms with Gasteiger partial charge in [0.1, 0.15) is 11.1 Å². The quantitative estimate of drug-likeness (QED) is 0.560. The van der Waals surface area contributed by atoms with E-state index in [9.17, 15) is 14.4 Å². The summed E-state index contributed by atoms with van der Waals surface area (Å²) in [5, 5.41) is 15.0. The number of carboxylic acids is 1. The topological polar surface area (TPSA) is 101 Å². The molecule has 7 heteroatoms. The maximum Gasteiger partial charge on any atom is 0.318 e. The number of amides is 1. The summed E-state index contributed by atoms with van der Waals surface area (Å²) < 4.78 is 1.47. The predicted octanol–water partition coefficient (Wildman–Crippen LogP) is -0.170. The largest absolute Gasteiger partial charge is 0.480 e. The number of ketones is 1. The first-order valence-corrected chi connectivity index (χ1v) is 5.29. The molecule has 0 aliphatic carbocycles. The number of nitrogens with zero attached hydrogens (tertiary/aromatic N) is 2. The first-order valence-electron chi connectivity index (χ1n) is 5.29. The molecule has 1 heterocycles. The van der Waals surface area contributed by atoms with Crippen LogP contribution in [0.25, 0.3) is 0 Å². The average molecular weight is 253 g/mol. The fourth-order valence-electron chi connectivity index (χ4n) is 1.13. The number of carbonyl (C=O) groups excluding carboxylic acids is 2. The Hall–Kier alpha value is -2.18. The third-order valence-electron chi connectivity index (χ3n) is 2.51. The number of aryl methyl sites for hydroxylation is 1. The van der Waals surface area contributed by atoms with Crippen LogP contribution < -0.4 is 5.32 Å². The number of hydrogen-bond donors (Lipinski definition) is 2. The molecule has 0 aliphatic rings. The first-order chi connectivity index (χ1) is 8.25. The van der Waals surface area contributed by atoms with Gasteiger partial charge in [-0.15, -0.1) is 0 Å². The van der Waals surface area contributed by atoms with Crippen molar-refractivity contribution in [2.24, 2.45) is 12.5 Å². The zero-order valence-electron chi connectivity index (χ0n) is 10.4. The summed E-state index contributed by atoms with van der Waals surface area (Å²) in [4.78, 5) is 34.0. The molecule has 1 amide bonds. The molecule has 1 aromatic rings. The van der Waals surface area contributed by atoms with E-state index in [1.54, 1.807) is 13.2 Å². The molecule has 98 valence electrons. The molecule has 0 saturated heterocycles. The van der Waals surface area contributed by atoms with Crippen LogP contribution in [-0.4, -0.2) is 39.1 Å². The molecule has 2 N–H and O–H groups in total. The third-order valence-corrected chi connectivity index (χ3v) is 2.51. The van der Waals surface area contributed by atoms with E-state index in [0.29, 0.717) is 0 Å². The van der Waals surface area contributed by atoms with E-state index in [0.717, 1.165) is 0 Å². The molecular weight excluding hydrogens is 238 g/mol. The van der Waals surface area contributed by atoms with Crippen molar-refractivity contribution >= 4 is 17.7 Å². The molecule has 18 heavy (non-hydrogen) atoms. The number of nitrogens with one attached hydrogen (secondary N) is 1. The summed E-state index contributed by atoms with van der Waals surface area (Å²) in [6.07, 6.45) is 1.61. The van der Waals surface area contributed by atoms with Gasteiger partial charge in [0.05, 0.1) is 6.54 Å². The summed E-state index contributed by atoms with van der Waals surface area (Å²) >= 11 is 0. The van der Waals surface area contributed by atoms with E-state index in [2.05, 4.69) is 10.4 Å². The van der Waals surface area contributed by atoms with Gasteiger partial charge in [0, 0.05) is 13.2 Å². The average Bonchev–Trinajstić information content (AvgIpc) is 2.71. The smallest absolute Gasteiger partial charge is 0.318 e. The van der Waals surface area contributed by atoms with Gasteiger partial charge in [-0.05, 0) is 19.9 Å². The van der Waals surface area contributed by atoms with E-state index in [4.69, 9.17) is 5.11 Å². The van der Waals surface area contributed by atoms with Gasteiger partial charge in [-0.1, -0.05) is 0 Å². The van der Waals surface area contributed by atoms with Gasteiger partial charge < -0.3 is 10.4 Å². The Kier molecular flexibility index (Phi) is 3.85. The Morgan fingerprint density at radius 1 is 1.44 bits per heavy atom. The lowest BCUT2D eigenvalue weighted by atomic mass is 9.92. The van der Waals surface area contributed by atoms with E-state index >= 15 is 0 Å². The fourth-order valence-corrected chi connectivity index (χ4v) is 1.13. The van der Waals surface area contributed by atoms with E-state index in [-0.39, 0.29) is 18.0 Å². The Labute approximate surface area is 104 Å². The van der Waals surface area contributed by atoms with Crippen LogP contribution in [-0.2, 0) is 16.6 Å². The van der Waals surface area contributed by atoms with Crippen molar-refractivity contribution in [3.63, 3.8) is 0 Å². The molecule has 0 atom stereocenters. The zero-order chi connectivity index (χ0) is 13.9. The van der Waals surface area contributed by atoms with Gasteiger partial charge in [-0.25, -0.2) is 0 Å². The first kappa shape index (κ1) is 13.9. The number of aromatic nitrogens is 2. The number of Topliss-reactive ketones (excluding diaryl/α,β-unsaturated/α-hetero) is 1. The van der Waals surface area contributed by atoms with Crippen LogP contribution in [0.5, 0.6) is 0 Å². The van der Waals surface area contributed by atoms with Gasteiger partial charge in [-0.2, -0.15) is 5.10 Å². The highest BCUT2D eigenvalue weighted by atomic mass is 16.4. The number of carbonyl (C=O) groups is 3. The minimum Gasteiger partial charge on any atom is -0.480 e. The second-order valence-corrected chi connectivity index (χ2v) is 4.41. The Balaban J connectivity index is 2.59. The maximum absolute atomic E-state index is 11.6. The Bertz CT molecular complexity index is 490. The highest BCUT2D eigenvalue weighted by Gasteiger charge is 2.36. The summed E-state index contributed by atoms with van der Waals surface area (Å²) in [7, 11) is 1.67. The van der Waals surface area contributed by atoms with E-state index in [1.165, 1.54) is 24.6 Å². The number of hydrogen-bond acceptors (Lipinski definition) is 4. The van der Waals surface area contributed by atoms with Gasteiger partial charge in [0.2, 0.25) is 11.7 Å². The zero-order valence-corrected chi connectivity index (χ0v) is 10.4. The van der Waals surface area contributed by atoms with E-state index in [1.807, 2.05) is 0 Å². The molecule has 1 aromatic heterocycles. The van der Waals surface area contributed by atoms with Crippen LogP contribution in [0.3, 0.4) is 0 Å². The summed E-state index contributed by atoms with van der Waals surface area (Å²) in [5.74, 6) is -2.32. The van der Waals surface area contributed by atoms with Gasteiger partial charge >= 0.3 is 5.97 Å². The molecule has 0 aromatic carbocycles. The van der Waals surface area contributed by atoms with Gasteiger partial charge in [0.25, 0.3) is 0 Å². The van der Waals surface area contributed by atoms with E-state index < -0.39 is 17.3 Å². The molecule has 0 saturated carbocycles. The lowest BCUT2D eigenvalue weighted by Gasteiger charge is -2.17. The van der Waals surface area contributed by atoms with Crippen molar-refractivity contribution in [1.29, 1.82) is 0 Å². The predicted molar refractivity (Wildman–Crippen MR) is 62.0 cm³/mol. The van der Waals surface area contributed by atoms with Crippen LogP contribution in [0.2, 0.25) is 0 Å². The highest BCUT2D eigenvalue weighted by molar-refractivity contribution is 6.03. The minimum absolute atomic E-state index is 0.228. The number of aliphatic carboxylic acids is 1. The lowest BCUT2D eigenvalue weighted by Crippen LogP contribution is -2.44. The number of rotatable bonds is 5. The summed E-state index contributed by atoms with van der Waals surface area (Å²) in [6.45, 7) is 2.28. The fraction of sp³-hybridized carbons (Fsp3) is 0.455. The Morgan fingerprint density at radius 2 is 2.06 bits per heavy atom. The SMILES string of the molecule is Cn1ccc(C(=O)CNC(=O)C(C)(C)C(=O)O)n1. The molecule has 0 fully saturated rings. The molecule has 1 rings (SSSR count). The highest BCUT2D eigenvalue weighted by Crippen LogP contribution is 2.14. The maximum atomic E-state index is 11.6. The molecule has 0 radical (unpaired) electrons. The molecule has 0 bridgehead atoms. The second-order valence-electron chi connectivity index (χ2n) is 4.41. The monoisotopic (exact) mass is 253 g/mol. The molecule has 0 unspecified atom stereocenters. The molecular formula is C11H15N3O4. The van der Waals surface area contributed by atoms with Crippen molar-refractivity contribution in [3.8, 4) is 0 Å². The van der Waals surface area contributed by atoms with Crippen LogP contribution >= 0.6 is 0 Å². The Morgan fingerprint density at radius 3 is 2.50 bits per heavy atom. The minimum atomic E-state index is -1.57. The standard InChI is InChI=1S/C11H15N3O4/c1-11(2,10(17)18)9(16)12-6-8(15)7-4-5-14(3)13-7/h4-5H,6H2,1-3H3,(H,12,16)(H,17,18). The van der Waals surface area contributed by atoms with Crippen molar-refractivity contribution in [1.82, 2.24) is 15.1 Å².